The predicted octanol–water partition coefficient (Wildman–Crippen LogP) is 2.44. The summed E-state index contributed by atoms with van der Waals surface area (Å²) < 4.78 is 5.05. The highest BCUT2D eigenvalue weighted by atomic mass is 16.5. The molecular formula is C11H16N2O. The number of hydrogen-bond donors (Lipinski definition) is 1. The van der Waals surface area contributed by atoms with Crippen LogP contribution in [0.5, 0.6) is 5.75 Å². The van der Waals surface area contributed by atoms with Crippen molar-refractivity contribution < 1.29 is 4.74 Å². The second-order valence-electron chi connectivity index (χ2n) is 3.71. The summed E-state index contributed by atoms with van der Waals surface area (Å²) in [5.74, 6) is 1.76. The van der Waals surface area contributed by atoms with Crippen LogP contribution in [0.4, 0.5) is 5.82 Å². The monoisotopic (exact) mass is 192 g/mol. The number of ether oxygens (including phenoxy) is 1. The number of rotatable bonds is 3. The fourth-order valence-corrected chi connectivity index (χ4v) is 1.87. The molecule has 0 aliphatic heterocycles. The Hall–Kier alpha value is -1.25. The van der Waals surface area contributed by atoms with Gasteiger partial charge < -0.3 is 10.1 Å². The lowest BCUT2D eigenvalue weighted by Crippen LogP contribution is -2.15. The molecule has 1 heterocycles. The molecular weight excluding hydrogens is 176 g/mol. The van der Waals surface area contributed by atoms with Gasteiger partial charge in [-0.3, -0.25) is 0 Å². The zero-order valence-corrected chi connectivity index (χ0v) is 8.49. The normalized spacial score (nSPS) is 16.9. The summed E-state index contributed by atoms with van der Waals surface area (Å²) in [4.78, 5) is 4.28. The summed E-state index contributed by atoms with van der Waals surface area (Å²) in [5, 5.41) is 3.43. The van der Waals surface area contributed by atoms with Gasteiger partial charge in [-0.15, -0.1) is 0 Å². The third-order valence-corrected chi connectivity index (χ3v) is 2.68. The van der Waals surface area contributed by atoms with Crippen molar-refractivity contribution in [3.63, 3.8) is 0 Å². The summed E-state index contributed by atoms with van der Waals surface area (Å²) in [6.07, 6.45) is 6.97. The lowest BCUT2D eigenvalue weighted by molar-refractivity contribution is 0.413. The minimum atomic E-state index is 0.621. The molecule has 1 aliphatic rings. The van der Waals surface area contributed by atoms with Crippen molar-refractivity contribution in [3.8, 4) is 5.75 Å². The van der Waals surface area contributed by atoms with Gasteiger partial charge in [0.25, 0.3) is 0 Å². The molecule has 14 heavy (non-hydrogen) atoms. The van der Waals surface area contributed by atoms with Gasteiger partial charge in [-0.25, -0.2) is 4.98 Å². The lowest BCUT2D eigenvalue weighted by atomic mass is 10.2. The molecule has 1 aliphatic carbocycles. The Bertz CT molecular complexity index is 278. The molecule has 2 rings (SSSR count). The van der Waals surface area contributed by atoms with E-state index in [2.05, 4.69) is 10.3 Å². The first-order valence-corrected chi connectivity index (χ1v) is 5.15. The van der Waals surface area contributed by atoms with Crippen LogP contribution in [0.2, 0.25) is 0 Å². The van der Waals surface area contributed by atoms with Gasteiger partial charge in [0.05, 0.1) is 13.3 Å². The molecule has 3 heteroatoms. The second kappa shape index (κ2) is 4.31. The largest absolute Gasteiger partial charge is 0.495 e. The van der Waals surface area contributed by atoms with Gasteiger partial charge in [-0.2, -0.15) is 0 Å². The molecule has 3 nitrogen and oxygen atoms in total. The van der Waals surface area contributed by atoms with E-state index in [0.29, 0.717) is 6.04 Å². The van der Waals surface area contributed by atoms with Crippen LogP contribution in [0.15, 0.2) is 18.3 Å². The number of pyridine rings is 1. The molecule has 1 N–H and O–H groups in total. The van der Waals surface area contributed by atoms with Crippen molar-refractivity contribution in [3.05, 3.63) is 18.3 Å². The molecule has 0 aromatic carbocycles. The first-order valence-electron chi connectivity index (χ1n) is 5.15. The van der Waals surface area contributed by atoms with Gasteiger partial charge in [-0.1, -0.05) is 12.8 Å². The third kappa shape index (κ3) is 2.16. The van der Waals surface area contributed by atoms with Crippen molar-refractivity contribution in [2.75, 3.05) is 12.4 Å². The Morgan fingerprint density at radius 2 is 2.14 bits per heavy atom. The number of methoxy groups -OCH3 is 1. The molecule has 0 bridgehead atoms. The zero-order valence-electron chi connectivity index (χ0n) is 8.49. The summed E-state index contributed by atoms with van der Waals surface area (Å²) in [6, 6.07) is 4.53. The molecule has 0 spiro atoms. The van der Waals surface area contributed by atoms with Gasteiger partial charge in [0.2, 0.25) is 0 Å². The average Bonchev–Trinajstić information content (AvgIpc) is 2.72. The van der Waals surface area contributed by atoms with Crippen LogP contribution in [0.25, 0.3) is 0 Å². The van der Waals surface area contributed by atoms with Crippen molar-refractivity contribution in [1.82, 2.24) is 4.98 Å². The standard InChI is InChI=1S/C11H16N2O/c1-14-10-6-7-11(12-8-10)13-9-4-2-3-5-9/h6-9H,2-5H2,1H3,(H,12,13). The van der Waals surface area contributed by atoms with Crippen molar-refractivity contribution in [2.24, 2.45) is 0 Å². The summed E-state index contributed by atoms with van der Waals surface area (Å²) >= 11 is 0. The Balaban J connectivity index is 1.95. The topological polar surface area (TPSA) is 34.1 Å². The quantitative estimate of drug-likeness (QED) is 0.798. The molecule has 0 saturated heterocycles. The van der Waals surface area contributed by atoms with E-state index in [1.807, 2.05) is 12.1 Å². The Morgan fingerprint density at radius 3 is 2.71 bits per heavy atom. The summed E-state index contributed by atoms with van der Waals surface area (Å²) in [7, 11) is 1.65. The van der Waals surface area contributed by atoms with Crippen LogP contribution in [-0.2, 0) is 0 Å². The van der Waals surface area contributed by atoms with Gasteiger partial charge in [0.1, 0.15) is 11.6 Å². The van der Waals surface area contributed by atoms with Gasteiger partial charge in [0, 0.05) is 6.04 Å². The van der Waals surface area contributed by atoms with Crippen molar-refractivity contribution >= 4 is 5.82 Å². The van der Waals surface area contributed by atoms with Crippen LogP contribution in [-0.4, -0.2) is 18.1 Å². The average molecular weight is 192 g/mol. The number of nitrogens with zero attached hydrogens (tertiary/aromatic N) is 1. The number of nitrogens with one attached hydrogen (secondary N) is 1. The number of anilines is 1. The molecule has 76 valence electrons. The van der Waals surface area contributed by atoms with E-state index in [1.54, 1.807) is 13.3 Å². The van der Waals surface area contributed by atoms with Crippen molar-refractivity contribution in [1.29, 1.82) is 0 Å². The van der Waals surface area contributed by atoms with Crippen LogP contribution in [0, 0.1) is 0 Å². The van der Waals surface area contributed by atoms with E-state index in [0.717, 1.165) is 11.6 Å². The molecule has 0 atom stereocenters. The summed E-state index contributed by atoms with van der Waals surface area (Å²) in [5.41, 5.74) is 0. The van der Waals surface area contributed by atoms with E-state index in [-0.39, 0.29) is 0 Å². The molecule has 1 aromatic heterocycles. The maximum absolute atomic E-state index is 5.05. The zero-order chi connectivity index (χ0) is 9.80. The van der Waals surface area contributed by atoms with E-state index < -0.39 is 0 Å². The maximum atomic E-state index is 5.05. The highest BCUT2D eigenvalue weighted by Crippen LogP contribution is 2.21. The fourth-order valence-electron chi connectivity index (χ4n) is 1.87. The maximum Gasteiger partial charge on any atom is 0.137 e. The minimum Gasteiger partial charge on any atom is -0.495 e. The molecule has 0 radical (unpaired) electrons. The summed E-state index contributed by atoms with van der Waals surface area (Å²) in [6.45, 7) is 0. The van der Waals surface area contributed by atoms with Gasteiger partial charge in [0.15, 0.2) is 0 Å². The first kappa shape index (κ1) is 9.31. The lowest BCUT2D eigenvalue weighted by Gasteiger charge is -2.12. The Kier molecular flexibility index (Phi) is 2.87. The van der Waals surface area contributed by atoms with Crippen LogP contribution in [0.1, 0.15) is 25.7 Å². The molecule has 1 aromatic rings. The highest BCUT2D eigenvalue weighted by Gasteiger charge is 2.14. The Labute approximate surface area is 84.5 Å². The Morgan fingerprint density at radius 1 is 1.36 bits per heavy atom. The molecule has 0 unspecified atom stereocenters. The fraction of sp³-hybridized carbons (Fsp3) is 0.545. The first-order chi connectivity index (χ1) is 6.88. The second-order valence-corrected chi connectivity index (χ2v) is 3.71. The predicted molar refractivity (Wildman–Crippen MR) is 56.7 cm³/mol. The minimum absolute atomic E-state index is 0.621. The highest BCUT2D eigenvalue weighted by molar-refractivity contribution is 5.38. The van der Waals surface area contributed by atoms with Crippen LogP contribution >= 0.6 is 0 Å². The number of hydrogen-bond acceptors (Lipinski definition) is 3. The smallest absolute Gasteiger partial charge is 0.137 e. The molecule has 1 fully saturated rings. The molecule has 1 saturated carbocycles. The van der Waals surface area contributed by atoms with Crippen LogP contribution in [0.3, 0.4) is 0 Å². The van der Waals surface area contributed by atoms with Gasteiger partial charge in [-0.05, 0) is 25.0 Å². The van der Waals surface area contributed by atoms with E-state index in [4.69, 9.17) is 4.74 Å². The van der Waals surface area contributed by atoms with E-state index in [9.17, 15) is 0 Å². The number of aromatic nitrogens is 1. The van der Waals surface area contributed by atoms with Crippen molar-refractivity contribution in [2.45, 2.75) is 31.7 Å². The van der Waals surface area contributed by atoms with Gasteiger partial charge >= 0.3 is 0 Å². The van der Waals surface area contributed by atoms with E-state index in [1.165, 1.54) is 25.7 Å². The SMILES string of the molecule is COc1ccc(NC2CCCC2)nc1. The van der Waals surface area contributed by atoms with E-state index >= 15 is 0 Å². The third-order valence-electron chi connectivity index (χ3n) is 2.68. The molecule has 0 amide bonds. The van der Waals surface area contributed by atoms with Crippen LogP contribution < -0.4 is 10.1 Å².